The minimum absolute atomic E-state index is 0.900. The second-order valence-electron chi connectivity index (χ2n) is 6.56. The van der Waals surface area contributed by atoms with Crippen LogP contribution in [-0.2, 0) is 20.7 Å². The molecule has 3 aromatic rings. The van der Waals surface area contributed by atoms with Gasteiger partial charge in [-0.2, -0.15) is 0 Å². The van der Waals surface area contributed by atoms with Crippen molar-refractivity contribution in [2.45, 2.75) is 17.3 Å². The topological polar surface area (TPSA) is 38.7 Å². The Bertz CT molecular complexity index is 819. The predicted molar refractivity (Wildman–Crippen MR) is 101 cm³/mol. The Morgan fingerprint density at radius 3 is 1.31 bits per heavy atom. The number of rotatable bonds is 4. The van der Waals surface area contributed by atoms with Crippen LogP contribution < -0.4 is 0 Å². The molecule has 0 aliphatic heterocycles. The largest absolute Gasteiger partial charge is 0.386 e. The number of hydrogen-bond acceptors (Lipinski definition) is 3. The summed E-state index contributed by atoms with van der Waals surface area (Å²) in [7, 11) is 3.29. The summed E-state index contributed by atoms with van der Waals surface area (Å²) in [5.41, 5.74) is 1.63. The molecule has 0 fully saturated rings. The average molecular weight is 346 g/mol. The zero-order chi connectivity index (χ0) is 18.2. The van der Waals surface area contributed by atoms with Crippen LogP contribution in [0.5, 0.6) is 0 Å². The molecule has 0 unspecified atom stereocenters. The summed E-state index contributed by atoms with van der Waals surface area (Å²) in [5.74, 6) is 0. The first kappa shape index (κ1) is 17.0. The minimum Gasteiger partial charge on any atom is -0.386 e. The second-order valence-corrected chi connectivity index (χ2v) is 6.56. The number of aliphatic hydroxyl groups is 1. The lowest BCUT2D eigenvalue weighted by atomic mass is 9.81. The van der Waals surface area contributed by atoms with Crippen molar-refractivity contribution in [2.75, 3.05) is 14.2 Å². The van der Waals surface area contributed by atoms with Gasteiger partial charge in [0, 0.05) is 14.2 Å². The molecule has 0 heterocycles. The minimum atomic E-state index is -1.01. The van der Waals surface area contributed by atoms with Gasteiger partial charge in [0.1, 0.15) is 17.3 Å². The molecule has 0 radical (unpaired) electrons. The molecule has 0 saturated heterocycles. The van der Waals surface area contributed by atoms with Crippen LogP contribution >= 0.6 is 0 Å². The van der Waals surface area contributed by atoms with Gasteiger partial charge in [-0.25, -0.2) is 0 Å². The van der Waals surface area contributed by atoms with Gasteiger partial charge in [0.2, 0.25) is 0 Å². The lowest BCUT2D eigenvalue weighted by molar-refractivity contribution is -0.153. The Morgan fingerprint density at radius 1 is 0.615 bits per heavy atom. The summed E-state index contributed by atoms with van der Waals surface area (Å²) in [4.78, 5) is 0. The van der Waals surface area contributed by atoms with E-state index in [4.69, 9.17) is 9.47 Å². The Morgan fingerprint density at radius 2 is 0.962 bits per heavy atom. The molecule has 132 valence electrons. The van der Waals surface area contributed by atoms with Crippen LogP contribution in [0.2, 0.25) is 0 Å². The second kappa shape index (κ2) is 6.36. The van der Waals surface area contributed by atoms with E-state index in [2.05, 4.69) is 0 Å². The summed E-state index contributed by atoms with van der Waals surface area (Å²) in [6.07, 6.45) is -0.952. The summed E-state index contributed by atoms with van der Waals surface area (Å²) in [5, 5.41) is 11.7. The molecule has 2 atom stereocenters. The first-order valence-corrected chi connectivity index (χ1v) is 8.71. The zero-order valence-corrected chi connectivity index (χ0v) is 14.9. The van der Waals surface area contributed by atoms with Crippen LogP contribution in [-0.4, -0.2) is 25.4 Å². The van der Waals surface area contributed by atoms with E-state index in [1.807, 2.05) is 84.9 Å². The summed E-state index contributed by atoms with van der Waals surface area (Å²) < 4.78 is 12.1. The normalized spacial score (nSPS) is 25.2. The van der Waals surface area contributed by atoms with Crippen molar-refractivity contribution in [2.24, 2.45) is 0 Å². The Kier molecular flexibility index (Phi) is 4.16. The van der Waals surface area contributed by atoms with Crippen molar-refractivity contribution in [3.8, 4) is 0 Å². The predicted octanol–water partition coefficient (Wildman–Crippen LogP) is 3.84. The average Bonchev–Trinajstić information content (AvgIpc) is 2.95. The van der Waals surface area contributed by atoms with Crippen molar-refractivity contribution >= 4 is 0 Å². The van der Waals surface area contributed by atoms with Gasteiger partial charge >= 0.3 is 0 Å². The molecule has 1 aliphatic carbocycles. The first-order chi connectivity index (χ1) is 12.7. The highest BCUT2D eigenvalue weighted by molar-refractivity contribution is 5.56. The fourth-order valence-electron chi connectivity index (χ4n) is 4.39. The van der Waals surface area contributed by atoms with E-state index in [0.717, 1.165) is 22.3 Å². The van der Waals surface area contributed by atoms with Crippen LogP contribution in [0.15, 0.2) is 84.9 Å². The smallest absolute Gasteiger partial charge is 0.147 e. The molecule has 0 saturated carbocycles. The van der Waals surface area contributed by atoms with E-state index >= 15 is 0 Å². The number of benzene rings is 3. The van der Waals surface area contributed by atoms with E-state index in [0.29, 0.717) is 0 Å². The Balaban J connectivity index is 2.06. The highest BCUT2D eigenvalue weighted by Gasteiger charge is 2.62. The van der Waals surface area contributed by atoms with Crippen molar-refractivity contribution in [3.63, 3.8) is 0 Å². The number of aliphatic hydroxyl groups excluding tert-OH is 1. The molecule has 0 bridgehead atoms. The van der Waals surface area contributed by atoms with Crippen LogP contribution in [0.25, 0.3) is 0 Å². The third-order valence-electron chi connectivity index (χ3n) is 5.55. The fourth-order valence-corrected chi connectivity index (χ4v) is 4.39. The van der Waals surface area contributed by atoms with Gasteiger partial charge in [0.15, 0.2) is 0 Å². The molecule has 0 spiro atoms. The van der Waals surface area contributed by atoms with Crippen molar-refractivity contribution in [1.29, 1.82) is 0 Å². The molecular formula is C23H22O3. The molecular weight excluding hydrogens is 324 g/mol. The van der Waals surface area contributed by atoms with E-state index in [1.54, 1.807) is 14.2 Å². The number of hydrogen-bond donors (Lipinski definition) is 1. The molecule has 3 aromatic carbocycles. The summed E-state index contributed by atoms with van der Waals surface area (Å²) in [6.45, 7) is 0. The number of ether oxygens (including phenoxy) is 2. The van der Waals surface area contributed by atoms with E-state index in [9.17, 15) is 5.11 Å². The maximum Gasteiger partial charge on any atom is 0.147 e. The van der Waals surface area contributed by atoms with E-state index in [1.165, 1.54) is 0 Å². The monoisotopic (exact) mass is 346 g/mol. The van der Waals surface area contributed by atoms with Gasteiger partial charge < -0.3 is 14.6 Å². The summed E-state index contributed by atoms with van der Waals surface area (Å²) in [6, 6.07) is 27.7. The van der Waals surface area contributed by atoms with Gasteiger partial charge in [0.25, 0.3) is 0 Å². The lowest BCUT2D eigenvalue weighted by Gasteiger charge is -2.39. The van der Waals surface area contributed by atoms with Gasteiger partial charge in [-0.05, 0) is 22.3 Å². The molecule has 26 heavy (non-hydrogen) atoms. The third kappa shape index (κ3) is 2.05. The molecule has 1 aliphatic rings. The quantitative estimate of drug-likeness (QED) is 0.780. The van der Waals surface area contributed by atoms with Crippen molar-refractivity contribution in [1.82, 2.24) is 0 Å². The molecule has 0 amide bonds. The van der Waals surface area contributed by atoms with Crippen molar-refractivity contribution < 1.29 is 14.6 Å². The SMILES string of the molecule is CO[C@@]1(c2ccccc2)c2ccccc2[C@@](OC)(c2ccccc2)C1O. The van der Waals surface area contributed by atoms with Crippen LogP contribution in [0.3, 0.4) is 0 Å². The van der Waals surface area contributed by atoms with Gasteiger partial charge in [-0.15, -0.1) is 0 Å². The maximum absolute atomic E-state index is 11.7. The van der Waals surface area contributed by atoms with Gasteiger partial charge in [-0.3, -0.25) is 0 Å². The van der Waals surface area contributed by atoms with E-state index < -0.39 is 17.3 Å². The first-order valence-electron chi connectivity index (χ1n) is 8.71. The Hall–Kier alpha value is -2.46. The van der Waals surface area contributed by atoms with Crippen LogP contribution in [0, 0.1) is 0 Å². The third-order valence-corrected chi connectivity index (χ3v) is 5.55. The van der Waals surface area contributed by atoms with Gasteiger partial charge in [0.05, 0.1) is 0 Å². The highest BCUT2D eigenvalue weighted by Crippen LogP contribution is 2.56. The van der Waals surface area contributed by atoms with Crippen molar-refractivity contribution in [3.05, 3.63) is 107 Å². The molecule has 3 nitrogen and oxygen atoms in total. The molecule has 4 rings (SSSR count). The standard InChI is InChI=1S/C23H22O3/c1-25-22(17-11-5-3-6-12-17)19-15-9-10-16-20(19)23(26-2,21(22)24)18-13-7-4-8-14-18/h3-16,21,24H,1-2H3/t22-,23-/m0/s1. The van der Waals surface area contributed by atoms with Gasteiger partial charge in [-0.1, -0.05) is 84.9 Å². The Labute approximate surface area is 153 Å². The zero-order valence-electron chi connectivity index (χ0n) is 14.9. The van der Waals surface area contributed by atoms with Crippen LogP contribution in [0.4, 0.5) is 0 Å². The molecule has 1 N–H and O–H groups in total. The van der Waals surface area contributed by atoms with E-state index in [-0.39, 0.29) is 0 Å². The maximum atomic E-state index is 11.7. The fraction of sp³-hybridized carbons (Fsp3) is 0.217. The van der Waals surface area contributed by atoms with Crippen LogP contribution in [0.1, 0.15) is 22.3 Å². The molecule has 3 heteroatoms. The number of fused-ring (bicyclic) bond motifs is 1. The summed E-state index contributed by atoms with van der Waals surface area (Å²) >= 11 is 0. The molecule has 0 aromatic heterocycles. The highest BCUT2D eigenvalue weighted by atomic mass is 16.5. The lowest BCUT2D eigenvalue weighted by Crippen LogP contribution is -2.49. The number of methoxy groups -OCH3 is 2.